The lowest BCUT2D eigenvalue weighted by atomic mass is 10.1. The molecule has 144 valence electrons. The van der Waals surface area contributed by atoms with Gasteiger partial charge in [0.2, 0.25) is 6.79 Å². The Morgan fingerprint density at radius 1 is 1.22 bits per heavy atom. The molecule has 1 fully saturated rings. The Hall–Kier alpha value is -2.51. The number of ether oxygens (including phenoxy) is 2. The highest BCUT2D eigenvalue weighted by molar-refractivity contribution is 5.77. The van der Waals surface area contributed by atoms with Gasteiger partial charge < -0.3 is 29.0 Å². The molecule has 1 aromatic heterocycles. The number of nitrogens with two attached hydrogens (primary N) is 1. The third-order valence-corrected chi connectivity index (χ3v) is 5.35. The first-order valence-electron chi connectivity index (χ1n) is 9.55. The number of piperazine rings is 1. The van der Waals surface area contributed by atoms with E-state index in [0.717, 1.165) is 50.0 Å². The largest absolute Gasteiger partial charge is 0.463 e. The van der Waals surface area contributed by atoms with Crippen molar-refractivity contribution < 1.29 is 28.9 Å². The average molecular weight is 373 g/mol. The fourth-order valence-electron chi connectivity index (χ4n) is 3.66. The minimum absolute atomic E-state index is 0.155. The van der Waals surface area contributed by atoms with E-state index in [9.17, 15) is 4.79 Å². The van der Waals surface area contributed by atoms with Crippen LogP contribution in [0.15, 0.2) is 41.0 Å². The summed E-state index contributed by atoms with van der Waals surface area (Å²) >= 11 is 0. The molecule has 0 bridgehead atoms. The van der Waals surface area contributed by atoms with E-state index in [4.69, 9.17) is 13.9 Å². The summed E-state index contributed by atoms with van der Waals surface area (Å²) in [5, 5.41) is 2.03. The minimum Gasteiger partial charge on any atom is -0.463 e. The molecule has 1 amide bonds. The van der Waals surface area contributed by atoms with Crippen LogP contribution in [0.3, 0.4) is 0 Å². The van der Waals surface area contributed by atoms with Crippen molar-refractivity contribution in [3.05, 3.63) is 47.9 Å². The van der Waals surface area contributed by atoms with Crippen molar-refractivity contribution in [3.63, 3.8) is 0 Å². The van der Waals surface area contributed by atoms with Gasteiger partial charge in [-0.15, -0.1) is 0 Å². The summed E-state index contributed by atoms with van der Waals surface area (Å²) in [5.74, 6) is 2.77. The van der Waals surface area contributed by atoms with E-state index in [1.165, 1.54) is 10.5 Å². The Bertz CT molecular complexity index is 770. The number of fused-ring (bicyclic) bond motifs is 1. The molecule has 2 aromatic rings. The Balaban J connectivity index is 1.22. The highest BCUT2D eigenvalue weighted by atomic mass is 16.7. The molecular formula is C20H27N3O4+2. The van der Waals surface area contributed by atoms with Crippen molar-refractivity contribution in [1.29, 1.82) is 0 Å². The molecule has 0 saturated carbocycles. The maximum atomic E-state index is 12.5. The van der Waals surface area contributed by atoms with Gasteiger partial charge in [-0.25, -0.2) is 0 Å². The van der Waals surface area contributed by atoms with Crippen LogP contribution >= 0.6 is 0 Å². The molecule has 1 atom stereocenters. The number of benzene rings is 1. The van der Waals surface area contributed by atoms with E-state index in [1.807, 2.05) is 28.4 Å². The van der Waals surface area contributed by atoms with E-state index in [2.05, 4.69) is 19.1 Å². The summed E-state index contributed by atoms with van der Waals surface area (Å²) in [7, 11) is 0. The fraction of sp³-hybridized carbons (Fsp3) is 0.450. The third-order valence-electron chi connectivity index (χ3n) is 5.35. The van der Waals surface area contributed by atoms with Crippen LogP contribution in [0, 0.1) is 0 Å². The van der Waals surface area contributed by atoms with E-state index >= 15 is 0 Å². The van der Waals surface area contributed by atoms with Crippen LogP contribution in [0.5, 0.6) is 11.5 Å². The quantitative estimate of drug-likeness (QED) is 0.720. The van der Waals surface area contributed by atoms with Gasteiger partial charge in [0.25, 0.3) is 5.91 Å². The second kappa shape index (κ2) is 8.02. The lowest BCUT2D eigenvalue weighted by Gasteiger charge is -2.32. The monoisotopic (exact) mass is 373 g/mol. The SMILES string of the molecule is C[C@H]([NH2+]CC(=O)N1CC[NH+](Cc2ccc3c(c2)OCO3)CC1)c1ccco1. The molecule has 4 rings (SSSR count). The zero-order valence-corrected chi connectivity index (χ0v) is 15.6. The Kier molecular flexibility index (Phi) is 5.31. The normalized spacial score (nSPS) is 17.9. The van der Waals surface area contributed by atoms with Crippen molar-refractivity contribution in [2.24, 2.45) is 0 Å². The van der Waals surface area contributed by atoms with Crippen LogP contribution in [0.2, 0.25) is 0 Å². The van der Waals surface area contributed by atoms with Gasteiger partial charge >= 0.3 is 0 Å². The summed E-state index contributed by atoms with van der Waals surface area (Å²) in [6.45, 7) is 7.31. The number of quaternary nitrogens is 2. The summed E-state index contributed by atoms with van der Waals surface area (Å²) in [4.78, 5) is 16.0. The van der Waals surface area contributed by atoms with Gasteiger partial charge in [0.15, 0.2) is 23.8 Å². The number of carbonyl (C=O) groups is 1. The molecule has 1 saturated heterocycles. The zero-order chi connectivity index (χ0) is 18.6. The first-order chi connectivity index (χ1) is 13.2. The molecule has 27 heavy (non-hydrogen) atoms. The van der Waals surface area contributed by atoms with Crippen molar-refractivity contribution >= 4 is 5.91 Å². The maximum absolute atomic E-state index is 12.5. The third kappa shape index (κ3) is 4.26. The second-order valence-corrected chi connectivity index (χ2v) is 7.24. The number of furan rings is 1. The standard InChI is InChI=1S/C20H25N3O4/c1-15(17-3-2-10-25-17)21-12-20(24)23-8-6-22(7-9-23)13-16-4-5-18-19(11-16)27-14-26-18/h2-5,10-11,15,21H,6-9,12-14H2,1H3/p+2/t15-/m0/s1. The Labute approximate surface area is 158 Å². The summed E-state index contributed by atoms with van der Waals surface area (Å²) in [5.41, 5.74) is 1.25. The Morgan fingerprint density at radius 2 is 2.04 bits per heavy atom. The number of nitrogens with zero attached hydrogens (tertiary/aromatic N) is 1. The van der Waals surface area contributed by atoms with Crippen molar-refractivity contribution in [2.45, 2.75) is 19.5 Å². The molecule has 7 nitrogen and oxygen atoms in total. The summed E-state index contributed by atoms with van der Waals surface area (Å²) in [6, 6.07) is 10.1. The van der Waals surface area contributed by atoms with Crippen molar-refractivity contribution in [3.8, 4) is 11.5 Å². The summed E-state index contributed by atoms with van der Waals surface area (Å²) < 4.78 is 16.2. The lowest BCUT2D eigenvalue weighted by Crippen LogP contribution is -3.13. The molecule has 0 aliphatic carbocycles. The van der Waals surface area contributed by atoms with Crippen LogP contribution < -0.4 is 19.7 Å². The minimum atomic E-state index is 0.155. The van der Waals surface area contributed by atoms with Gasteiger partial charge in [0.05, 0.1) is 32.4 Å². The van der Waals surface area contributed by atoms with Gasteiger partial charge in [0.1, 0.15) is 12.6 Å². The number of rotatable bonds is 6. The van der Waals surface area contributed by atoms with Crippen LogP contribution in [-0.4, -0.2) is 50.3 Å². The van der Waals surface area contributed by atoms with Crippen LogP contribution in [0.4, 0.5) is 0 Å². The second-order valence-electron chi connectivity index (χ2n) is 7.24. The smallest absolute Gasteiger partial charge is 0.278 e. The molecule has 1 aromatic carbocycles. The van der Waals surface area contributed by atoms with Gasteiger partial charge in [-0.05, 0) is 37.3 Å². The lowest BCUT2D eigenvalue weighted by molar-refractivity contribution is -0.917. The molecule has 0 unspecified atom stereocenters. The number of carbonyl (C=O) groups excluding carboxylic acids is 1. The van der Waals surface area contributed by atoms with Gasteiger partial charge in [-0.1, -0.05) is 0 Å². The van der Waals surface area contributed by atoms with E-state index in [0.29, 0.717) is 13.3 Å². The van der Waals surface area contributed by atoms with Crippen LogP contribution in [-0.2, 0) is 11.3 Å². The van der Waals surface area contributed by atoms with Gasteiger partial charge in [-0.3, -0.25) is 4.79 Å². The van der Waals surface area contributed by atoms with E-state index in [1.54, 1.807) is 6.26 Å². The average Bonchev–Trinajstić information content (AvgIpc) is 3.38. The number of nitrogens with one attached hydrogen (secondary N) is 1. The van der Waals surface area contributed by atoms with Crippen LogP contribution in [0.25, 0.3) is 0 Å². The number of amides is 1. The topological polar surface area (TPSA) is 73.0 Å². The first-order valence-corrected chi connectivity index (χ1v) is 9.55. The molecule has 3 N–H and O–H groups in total. The number of hydrogen-bond donors (Lipinski definition) is 2. The molecule has 0 spiro atoms. The van der Waals surface area contributed by atoms with Gasteiger partial charge in [-0.2, -0.15) is 0 Å². The summed E-state index contributed by atoms with van der Waals surface area (Å²) in [6.07, 6.45) is 1.67. The predicted octanol–water partition coefficient (Wildman–Crippen LogP) is -0.440. The molecule has 2 aliphatic rings. The Morgan fingerprint density at radius 3 is 2.81 bits per heavy atom. The van der Waals surface area contributed by atoms with Crippen molar-refractivity contribution in [2.75, 3.05) is 39.5 Å². The predicted molar refractivity (Wildman–Crippen MR) is 97.5 cm³/mol. The molecule has 2 aliphatic heterocycles. The van der Waals surface area contributed by atoms with Crippen molar-refractivity contribution in [1.82, 2.24) is 4.90 Å². The fourth-order valence-corrected chi connectivity index (χ4v) is 3.66. The molecule has 7 heteroatoms. The molecular weight excluding hydrogens is 346 g/mol. The first kappa shape index (κ1) is 17.9. The zero-order valence-electron chi connectivity index (χ0n) is 15.6. The highest BCUT2D eigenvalue weighted by Gasteiger charge is 2.26. The van der Waals surface area contributed by atoms with E-state index in [-0.39, 0.29) is 11.9 Å². The number of hydrogen-bond acceptors (Lipinski definition) is 4. The molecule has 0 radical (unpaired) electrons. The maximum Gasteiger partial charge on any atom is 0.278 e. The van der Waals surface area contributed by atoms with Crippen LogP contribution in [0.1, 0.15) is 24.3 Å². The molecule has 3 heterocycles. The highest BCUT2D eigenvalue weighted by Crippen LogP contribution is 2.32. The van der Waals surface area contributed by atoms with E-state index < -0.39 is 0 Å². The van der Waals surface area contributed by atoms with Gasteiger partial charge in [0, 0.05) is 5.56 Å².